The summed E-state index contributed by atoms with van der Waals surface area (Å²) in [5.74, 6) is 1.31. The summed E-state index contributed by atoms with van der Waals surface area (Å²) in [6.45, 7) is 8.00. The highest BCUT2D eigenvalue weighted by Gasteiger charge is 2.14. The average Bonchev–Trinajstić information content (AvgIpc) is 2.55. The Morgan fingerprint density at radius 2 is 1.83 bits per heavy atom. The van der Waals surface area contributed by atoms with Crippen LogP contribution in [0.5, 0.6) is 11.5 Å². The first-order valence-electron chi connectivity index (χ1n) is 8.04. The van der Waals surface area contributed by atoms with E-state index in [-0.39, 0.29) is 18.6 Å². The van der Waals surface area contributed by atoms with Gasteiger partial charge in [0.2, 0.25) is 0 Å². The predicted octanol–water partition coefficient (Wildman–Crippen LogP) is 3.88. The molecule has 4 nitrogen and oxygen atoms in total. The standard InChI is InChI=1S/C20H25NO3/c1-13-6-9-19(23-5)18(10-13)16(4)21-20(22)12-24-17-8-7-14(2)15(3)11-17/h6-11,16H,12H2,1-5H3,(H,21,22)/t16-/m1/s1. The molecule has 0 spiro atoms. The second-order valence-corrected chi connectivity index (χ2v) is 6.07. The molecule has 128 valence electrons. The molecular weight excluding hydrogens is 302 g/mol. The largest absolute Gasteiger partial charge is 0.496 e. The van der Waals surface area contributed by atoms with Gasteiger partial charge in [0.1, 0.15) is 11.5 Å². The van der Waals surface area contributed by atoms with E-state index < -0.39 is 0 Å². The molecule has 4 heteroatoms. The molecule has 0 heterocycles. The maximum absolute atomic E-state index is 12.2. The van der Waals surface area contributed by atoms with Gasteiger partial charge in [-0.3, -0.25) is 4.79 Å². The van der Waals surface area contributed by atoms with Gasteiger partial charge in [-0.15, -0.1) is 0 Å². The van der Waals surface area contributed by atoms with Crippen LogP contribution in [0.25, 0.3) is 0 Å². The molecule has 0 aliphatic rings. The summed E-state index contributed by atoms with van der Waals surface area (Å²) in [6.07, 6.45) is 0. The highest BCUT2D eigenvalue weighted by Crippen LogP contribution is 2.26. The van der Waals surface area contributed by atoms with Gasteiger partial charge in [-0.05, 0) is 57.0 Å². The molecule has 0 aliphatic carbocycles. The van der Waals surface area contributed by atoms with Crippen molar-refractivity contribution in [3.63, 3.8) is 0 Å². The number of carbonyl (C=O) groups excluding carboxylic acids is 1. The molecule has 1 amide bonds. The highest BCUT2D eigenvalue weighted by atomic mass is 16.5. The lowest BCUT2D eigenvalue weighted by Gasteiger charge is -2.18. The third-order valence-electron chi connectivity index (χ3n) is 4.08. The van der Waals surface area contributed by atoms with Crippen LogP contribution in [0.4, 0.5) is 0 Å². The van der Waals surface area contributed by atoms with Crippen LogP contribution >= 0.6 is 0 Å². The van der Waals surface area contributed by atoms with E-state index >= 15 is 0 Å². The van der Waals surface area contributed by atoms with Crippen LogP contribution in [0, 0.1) is 20.8 Å². The van der Waals surface area contributed by atoms with Crippen molar-refractivity contribution in [1.29, 1.82) is 0 Å². The number of rotatable bonds is 6. The van der Waals surface area contributed by atoms with Gasteiger partial charge < -0.3 is 14.8 Å². The zero-order chi connectivity index (χ0) is 17.7. The van der Waals surface area contributed by atoms with E-state index in [1.165, 1.54) is 5.56 Å². The molecule has 2 aromatic rings. The van der Waals surface area contributed by atoms with Gasteiger partial charge in [-0.25, -0.2) is 0 Å². The van der Waals surface area contributed by atoms with Crippen LogP contribution in [0.2, 0.25) is 0 Å². The molecule has 1 atom stereocenters. The van der Waals surface area contributed by atoms with E-state index in [1.807, 2.05) is 64.1 Å². The van der Waals surface area contributed by atoms with E-state index in [1.54, 1.807) is 7.11 Å². The molecule has 0 saturated carbocycles. The zero-order valence-corrected chi connectivity index (χ0v) is 15.0. The summed E-state index contributed by atoms with van der Waals surface area (Å²) >= 11 is 0. The molecule has 24 heavy (non-hydrogen) atoms. The molecule has 2 aromatic carbocycles. The van der Waals surface area contributed by atoms with E-state index in [4.69, 9.17) is 9.47 Å². The Kier molecular flexibility index (Phi) is 5.85. The maximum atomic E-state index is 12.2. The summed E-state index contributed by atoms with van der Waals surface area (Å²) in [7, 11) is 1.63. The van der Waals surface area contributed by atoms with Gasteiger partial charge in [0.15, 0.2) is 6.61 Å². The highest BCUT2D eigenvalue weighted by molar-refractivity contribution is 5.78. The van der Waals surface area contributed by atoms with Gasteiger partial charge in [0.05, 0.1) is 13.2 Å². The first-order valence-corrected chi connectivity index (χ1v) is 8.04. The van der Waals surface area contributed by atoms with Crippen molar-refractivity contribution in [3.8, 4) is 11.5 Å². The van der Waals surface area contributed by atoms with Crippen LogP contribution in [-0.4, -0.2) is 19.6 Å². The SMILES string of the molecule is COc1ccc(C)cc1[C@@H](C)NC(=O)COc1ccc(C)c(C)c1. The van der Waals surface area contributed by atoms with E-state index in [0.29, 0.717) is 5.75 Å². The molecule has 2 rings (SSSR count). The summed E-state index contributed by atoms with van der Waals surface area (Å²) in [5.41, 5.74) is 4.42. The Hall–Kier alpha value is -2.49. The molecule has 0 radical (unpaired) electrons. The smallest absolute Gasteiger partial charge is 0.258 e. The fourth-order valence-electron chi connectivity index (χ4n) is 2.51. The Morgan fingerprint density at radius 3 is 2.50 bits per heavy atom. The Bertz CT molecular complexity index is 725. The molecule has 0 aromatic heterocycles. The lowest BCUT2D eigenvalue weighted by molar-refractivity contribution is -0.123. The zero-order valence-electron chi connectivity index (χ0n) is 15.0. The lowest BCUT2D eigenvalue weighted by atomic mass is 10.0. The number of ether oxygens (including phenoxy) is 2. The summed E-state index contributed by atoms with van der Waals surface area (Å²) in [5, 5.41) is 2.95. The van der Waals surface area contributed by atoms with Crippen LogP contribution in [-0.2, 0) is 4.79 Å². The monoisotopic (exact) mass is 327 g/mol. The van der Waals surface area contributed by atoms with E-state index in [9.17, 15) is 4.79 Å². The second kappa shape index (κ2) is 7.86. The lowest BCUT2D eigenvalue weighted by Crippen LogP contribution is -2.31. The number of nitrogens with one attached hydrogen (secondary N) is 1. The maximum Gasteiger partial charge on any atom is 0.258 e. The molecule has 0 bridgehead atoms. The van der Waals surface area contributed by atoms with E-state index in [0.717, 1.165) is 22.4 Å². The van der Waals surface area contributed by atoms with Gasteiger partial charge in [0, 0.05) is 5.56 Å². The molecule has 0 unspecified atom stereocenters. The van der Waals surface area contributed by atoms with Gasteiger partial charge in [-0.1, -0.05) is 23.8 Å². The number of aryl methyl sites for hydroxylation is 3. The topological polar surface area (TPSA) is 47.6 Å². The molecule has 0 fully saturated rings. The van der Waals surface area contributed by atoms with Crippen LogP contribution in [0.1, 0.15) is 35.2 Å². The van der Waals surface area contributed by atoms with Crippen molar-refractivity contribution in [1.82, 2.24) is 5.32 Å². The van der Waals surface area contributed by atoms with Crippen molar-refractivity contribution in [2.75, 3.05) is 13.7 Å². The predicted molar refractivity (Wildman–Crippen MR) is 95.7 cm³/mol. The second-order valence-electron chi connectivity index (χ2n) is 6.07. The number of amides is 1. The number of methoxy groups -OCH3 is 1. The van der Waals surface area contributed by atoms with Gasteiger partial charge >= 0.3 is 0 Å². The number of hydrogen-bond acceptors (Lipinski definition) is 3. The summed E-state index contributed by atoms with van der Waals surface area (Å²) in [6, 6.07) is 11.6. The molecule has 0 aliphatic heterocycles. The van der Waals surface area contributed by atoms with Crippen LogP contribution < -0.4 is 14.8 Å². The van der Waals surface area contributed by atoms with Crippen molar-refractivity contribution < 1.29 is 14.3 Å². The molecule has 0 saturated heterocycles. The summed E-state index contributed by atoms with van der Waals surface area (Å²) < 4.78 is 11.0. The first-order chi connectivity index (χ1) is 11.4. The Labute approximate surface area is 143 Å². The minimum Gasteiger partial charge on any atom is -0.496 e. The van der Waals surface area contributed by atoms with Crippen LogP contribution in [0.15, 0.2) is 36.4 Å². The first kappa shape index (κ1) is 17.9. The third-order valence-corrected chi connectivity index (χ3v) is 4.08. The van der Waals surface area contributed by atoms with Crippen molar-refractivity contribution in [3.05, 3.63) is 58.7 Å². The Morgan fingerprint density at radius 1 is 1.08 bits per heavy atom. The minimum absolute atomic E-state index is 0.0129. The fraction of sp³-hybridized carbons (Fsp3) is 0.350. The van der Waals surface area contributed by atoms with Gasteiger partial charge in [0.25, 0.3) is 5.91 Å². The summed E-state index contributed by atoms with van der Waals surface area (Å²) in [4.78, 5) is 12.2. The van der Waals surface area contributed by atoms with Crippen LogP contribution in [0.3, 0.4) is 0 Å². The van der Waals surface area contributed by atoms with Crippen molar-refractivity contribution in [2.45, 2.75) is 33.7 Å². The molecule has 1 N–H and O–H groups in total. The molecular formula is C20H25NO3. The normalized spacial score (nSPS) is 11.7. The number of benzene rings is 2. The van der Waals surface area contributed by atoms with Gasteiger partial charge in [-0.2, -0.15) is 0 Å². The van der Waals surface area contributed by atoms with E-state index in [2.05, 4.69) is 5.32 Å². The van der Waals surface area contributed by atoms with Crippen molar-refractivity contribution in [2.24, 2.45) is 0 Å². The minimum atomic E-state index is -0.163. The number of carbonyl (C=O) groups is 1. The fourth-order valence-corrected chi connectivity index (χ4v) is 2.51. The quantitative estimate of drug-likeness (QED) is 0.876. The number of hydrogen-bond donors (Lipinski definition) is 1. The average molecular weight is 327 g/mol. The third kappa shape index (κ3) is 4.51. The van der Waals surface area contributed by atoms with Crippen molar-refractivity contribution >= 4 is 5.91 Å². The Balaban J connectivity index is 1.96.